The van der Waals surface area contributed by atoms with Gasteiger partial charge in [-0.2, -0.15) is 0 Å². The molecule has 0 aliphatic heterocycles. The summed E-state index contributed by atoms with van der Waals surface area (Å²) in [6.07, 6.45) is 0. The Morgan fingerprint density at radius 3 is 2.91 bits per heavy atom. The Balaban J connectivity index is 2.96. The lowest BCUT2D eigenvalue weighted by atomic mass is 10.2. The molecule has 0 aliphatic carbocycles. The zero-order chi connectivity index (χ0) is 8.27. The van der Waals surface area contributed by atoms with Crippen LogP contribution in [0.3, 0.4) is 0 Å². The van der Waals surface area contributed by atoms with Crippen molar-refractivity contribution in [3.05, 3.63) is 36.5 Å². The van der Waals surface area contributed by atoms with Crippen LogP contribution in [0.2, 0.25) is 0 Å². The highest BCUT2D eigenvalue weighted by atomic mass is 19.1. The Morgan fingerprint density at radius 2 is 2.27 bits per heavy atom. The minimum atomic E-state index is -0.366. The molecule has 0 saturated carbocycles. The second-order valence-electron chi connectivity index (χ2n) is 2.16. The van der Waals surface area contributed by atoms with Gasteiger partial charge >= 0.3 is 0 Å². The summed E-state index contributed by atoms with van der Waals surface area (Å²) in [5.74, 6) is -0.0886. The van der Waals surface area contributed by atoms with E-state index in [-0.39, 0.29) is 11.6 Å². The van der Waals surface area contributed by atoms with Crippen molar-refractivity contribution < 1.29 is 9.13 Å². The van der Waals surface area contributed by atoms with Crippen molar-refractivity contribution in [3.8, 4) is 5.75 Å². The maximum absolute atomic E-state index is 13.0. The molecule has 0 aromatic heterocycles. The van der Waals surface area contributed by atoms with Crippen LogP contribution >= 0.6 is 0 Å². The first-order valence-electron chi connectivity index (χ1n) is 3.49. The van der Waals surface area contributed by atoms with E-state index in [1.165, 1.54) is 0 Å². The smallest absolute Gasteiger partial charge is 0.168 e. The van der Waals surface area contributed by atoms with Crippen LogP contribution in [0.1, 0.15) is 12.5 Å². The van der Waals surface area contributed by atoms with Crippen LogP contribution in [0.5, 0.6) is 5.75 Å². The molecule has 0 bridgehead atoms. The predicted molar refractivity (Wildman–Crippen MR) is 42.0 cm³/mol. The molecule has 0 spiro atoms. The highest BCUT2D eigenvalue weighted by Crippen LogP contribution is 2.18. The van der Waals surface area contributed by atoms with Gasteiger partial charge in [0.15, 0.2) is 11.6 Å². The van der Waals surface area contributed by atoms with E-state index in [2.05, 4.69) is 6.92 Å². The Hall–Kier alpha value is -1.05. The number of halogens is 1. The average Bonchev–Trinajstić information content (AvgIpc) is 1.99. The number of hydrogen-bond donors (Lipinski definition) is 0. The van der Waals surface area contributed by atoms with Crippen molar-refractivity contribution in [1.29, 1.82) is 0 Å². The molecule has 0 heterocycles. The lowest BCUT2D eigenvalue weighted by Gasteiger charge is -2.04. The highest BCUT2D eigenvalue weighted by Gasteiger charge is 2.03. The number of ether oxygens (including phenoxy) is 1. The third-order valence-corrected chi connectivity index (χ3v) is 1.34. The predicted octanol–water partition coefficient (Wildman–Crippen LogP) is 2.41. The summed E-state index contributed by atoms with van der Waals surface area (Å²) in [4.78, 5) is 0. The molecule has 11 heavy (non-hydrogen) atoms. The van der Waals surface area contributed by atoms with Crippen molar-refractivity contribution >= 4 is 0 Å². The molecule has 0 atom stereocenters. The molecule has 1 aromatic rings. The quantitative estimate of drug-likeness (QED) is 0.634. The highest BCUT2D eigenvalue weighted by molar-refractivity contribution is 5.32. The van der Waals surface area contributed by atoms with Gasteiger partial charge in [-0.15, -0.1) is 0 Å². The molecule has 0 aliphatic rings. The van der Waals surface area contributed by atoms with Crippen LogP contribution in [0.4, 0.5) is 4.39 Å². The zero-order valence-electron chi connectivity index (χ0n) is 6.43. The normalized spacial score (nSPS) is 9.73. The lowest BCUT2D eigenvalue weighted by Crippen LogP contribution is -1.95. The Bertz CT molecular complexity index is 245. The van der Waals surface area contributed by atoms with Crippen LogP contribution in [0.25, 0.3) is 0 Å². The van der Waals surface area contributed by atoms with Crippen molar-refractivity contribution in [3.63, 3.8) is 0 Å². The van der Waals surface area contributed by atoms with Gasteiger partial charge < -0.3 is 4.74 Å². The van der Waals surface area contributed by atoms with E-state index in [1.54, 1.807) is 18.2 Å². The number of benzene rings is 1. The van der Waals surface area contributed by atoms with E-state index in [1.807, 2.05) is 6.92 Å². The van der Waals surface area contributed by atoms with Gasteiger partial charge in [-0.1, -0.05) is 12.1 Å². The number of hydrogen-bond acceptors (Lipinski definition) is 1. The summed E-state index contributed by atoms with van der Waals surface area (Å²) < 4.78 is 18.0. The summed E-state index contributed by atoms with van der Waals surface area (Å²) in [7, 11) is 0. The second kappa shape index (κ2) is 3.37. The van der Waals surface area contributed by atoms with Gasteiger partial charge in [0.05, 0.1) is 6.61 Å². The van der Waals surface area contributed by atoms with Crippen LogP contribution < -0.4 is 4.74 Å². The molecule has 0 unspecified atom stereocenters. The van der Waals surface area contributed by atoms with Crippen LogP contribution in [-0.4, -0.2) is 6.61 Å². The van der Waals surface area contributed by atoms with Crippen molar-refractivity contribution in [2.45, 2.75) is 6.92 Å². The minimum Gasteiger partial charge on any atom is -0.491 e. The molecule has 1 rings (SSSR count). The van der Waals surface area contributed by atoms with Gasteiger partial charge in [0.25, 0.3) is 0 Å². The average molecular weight is 153 g/mol. The molecule has 0 N–H and O–H groups in total. The zero-order valence-corrected chi connectivity index (χ0v) is 6.43. The van der Waals surface area contributed by atoms with Crippen molar-refractivity contribution in [2.75, 3.05) is 6.61 Å². The number of rotatable bonds is 2. The Labute approximate surface area is 65.8 Å². The van der Waals surface area contributed by atoms with Crippen LogP contribution in [0, 0.1) is 12.7 Å². The third-order valence-electron chi connectivity index (χ3n) is 1.34. The fourth-order valence-corrected chi connectivity index (χ4v) is 0.823. The fraction of sp³-hybridized carbons (Fsp3) is 0.222. The van der Waals surface area contributed by atoms with Crippen molar-refractivity contribution in [2.24, 2.45) is 0 Å². The second-order valence-corrected chi connectivity index (χ2v) is 2.16. The van der Waals surface area contributed by atoms with E-state index >= 15 is 0 Å². The van der Waals surface area contributed by atoms with Gasteiger partial charge in [0, 0.05) is 0 Å². The maximum atomic E-state index is 13.0. The Kier molecular flexibility index (Phi) is 2.47. The standard InChI is InChI=1S/C9H10FO/c1-3-11-8-6-4-5-7(2)9(8)10/h4-6H,2-3H2,1H3. The van der Waals surface area contributed by atoms with Crippen LogP contribution in [0.15, 0.2) is 18.2 Å². The topological polar surface area (TPSA) is 9.23 Å². The molecule has 0 saturated heterocycles. The first kappa shape index (κ1) is 8.05. The molecular weight excluding hydrogens is 143 g/mol. The first-order valence-corrected chi connectivity index (χ1v) is 3.49. The van der Waals surface area contributed by atoms with E-state index in [4.69, 9.17) is 4.74 Å². The minimum absolute atomic E-state index is 0.278. The Morgan fingerprint density at radius 1 is 1.55 bits per heavy atom. The fourth-order valence-electron chi connectivity index (χ4n) is 0.823. The van der Waals surface area contributed by atoms with Gasteiger partial charge in [-0.05, 0) is 25.5 Å². The summed E-state index contributed by atoms with van der Waals surface area (Å²) >= 11 is 0. The van der Waals surface area contributed by atoms with Crippen LogP contribution in [-0.2, 0) is 0 Å². The summed E-state index contributed by atoms with van der Waals surface area (Å²) in [6, 6.07) is 4.92. The first-order chi connectivity index (χ1) is 5.25. The third kappa shape index (κ3) is 1.70. The largest absolute Gasteiger partial charge is 0.491 e. The molecular formula is C9H10FO. The van der Waals surface area contributed by atoms with E-state index < -0.39 is 0 Å². The summed E-state index contributed by atoms with van der Waals surface area (Å²) in [5.41, 5.74) is 0.371. The molecule has 0 amide bonds. The van der Waals surface area contributed by atoms with Gasteiger partial charge in [-0.25, -0.2) is 4.39 Å². The monoisotopic (exact) mass is 153 g/mol. The maximum Gasteiger partial charge on any atom is 0.168 e. The molecule has 1 nitrogen and oxygen atoms in total. The van der Waals surface area contributed by atoms with Gasteiger partial charge in [0.1, 0.15) is 0 Å². The SMILES string of the molecule is [CH2]c1cccc(OCC)c1F. The molecule has 59 valence electrons. The van der Waals surface area contributed by atoms with Gasteiger partial charge in [0.2, 0.25) is 0 Å². The molecule has 1 radical (unpaired) electrons. The summed E-state index contributed by atoms with van der Waals surface area (Å²) in [6.45, 7) is 5.80. The summed E-state index contributed by atoms with van der Waals surface area (Å²) in [5, 5.41) is 0. The lowest BCUT2D eigenvalue weighted by molar-refractivity contribution is 0.321. The van der Waals surface area contributed by atoms with Gasteiger partial charge in [-0.3, -0.25) is 0 Å². The van der Waals surface area contributed by atoms with E-state index in [0.717, 1.165) is 0 Å². The van der Waals surface area contributed by atoms with E-state index in [9.17, 15) is 4.39 Å². The molecule has 1 aromatic carbocycles. The van der Waals surface area contributed by atoms with E-state index in [0.29, 0.717) is 12.2 Å². The van der Waals surface area contributed by atoms with Crippen molar-refractivity contribution in [1.82, 2.24) is 0 Å². The molecule has 0 fully saturated rings. The molecule has 2 heteroatoms.